The predicted molar refractivity (Wildman–Crippen MR) is 155 cm³/mol. The topological polar surface area (TPSA) is 133 Å². The van der Waals surface area contributed by atoms with Crippen molar-refractivity contribution >= 4 is 17.5 Å². The lowest BCUT2D eigenvalue weighted by Crippen LogP contribution is -2.39. The second-order valence-electron chi connectivity index (χ2n) is 10.8. The van der Waals surface area contributed by atoms with Gasteiger partial charge in [0.1, 0.15) is 23.7 Å². The number of nitrogens with zero attached hydrogens (tertiary/aromatic N) is 1. The number of methoxy groups -OCH3 is 5. The molecular weight excluding hydrogens is 546 g/mol. The summed E-state index contributed by atoms with van der Waals surface area (Å²) in [5.74, 6) is -0.857. The average molecular weight is 592 g/mol. The number of amides is 2. The molecule has 11 nitrogen and oxygen atoms in total. The SMILES string of the molecule is COc1cc([C@@H](O)[C@@H](C)C[C@H](OC)[C@H](O)[C@@H](C)/C=C(\C)[C@@H]2O[C@@H](OC)C=C[C@@H]2OC)c(OC)c(N2C(=O)CCC2=O)c1. The normalized spacial score (nSPS) is 24.9. The van der Waals surface area contributed by atoms with E-state index in [0.717, 1.165) is 10.5 Å². The molecule has 1 aromatic rings. The first kappa shape index (κ1) is 33.7. The molecule has 0 aliphatic carbocycles. The number of hydrogen-bond acceptors (Lipinski definition) is 10. The van der Waals surface area contributed by atoms with Crippen LogP contribution < -0.4 is 14.4 Å². The lowest BCUT2D eigenvalue weighted by Gasteiger charge is -2.33. The second-order valence-corrected chi connectivity index (χ2v) is 10.8. The molecule has 11 heteroatoms. The Morgan fingerprint density at radius 1 is 1.02 bits per heavy atom. The van der Waals surface area contributed by atoms with Gasteiger partial charge in [-0.3, -0.25) is 9.59 Å². The van der Waals surface area contributed by atoms with Gasteiger partial charge in [-0.05, 0) is 37.0 Å². The van der Waals surface area contributed by atoms with Gasteiger partial charge in [-0.2, -0.15) is 0 Å². The zero-order chi connectivity index (χ0) is 31.1. The molecular formula is C31H45NO10. The Kier molecular flexibility index (Phi) is 12.1. The number of anilines is 1. The highest BCUT2D eigenvalue weighted by molar-refractivity contribution is 6.20. The zero-order valence-corrected chi connectivity index (χ0v) is 25.7. The van der Waals surface area contributed by atoms with Crippen molar-refractivity contribution in [3.8, 4) is 11.5 Å². The number of benzene rings is 1. The maximum atomic E-state index is 12.5. The van der Waals surface area contributed by atoms with Crippen molar-refractivity contribution < 1.29 is 48.2 Å². The number of carbonyl (C=O) groups excluding carboxylic acids is 2. The van der Waals surface area contributed by atoms with Crippen molar-refractivity contribution in [2.24, 2.45) is 11.8 Å². The molecule has 2 amide bonds. The molecule has 0 saturated carbocycles. The van der Waals surface area contributed by atoms with Crippen molar-refractivity contribution in [2.75, 3.05) is 40.4 Å². The van der Waals surface area contributed by atoms with Crippen LogP contribution in [0.1, 0.15) is 51.7 Å². The van der Waals surface area contributed by atoms with Gasteiger partial charge < -0.3 is 38.6 Å². The van der Waals surface area contributed by atoms with Crippen LogP contribution in [0.3, 0.4) is 0 Å². The molecule has 0 unspecified atom stereocenters. The van der Waals surface area contributed by atoms with Crippen molar-refractivity contribution in [3.63, 3.8) is 0 Å². The van der Waals surface area contributed by atoms with Gasteiger partial charge in [-0.15, -0.1) is 0 Å². The summed E-state index contributed by atoms with van der Waals surface area (Å²) in [5.41, 5.74) is 1.47. The number of aliphatic hydroxyl groups excluding tert-OH is 2. The van der Waals surface area contributed by atoms with E-state index < -0.39 is 30.5 Å². The number of rotatable bonds is 14. The van der Waals surface area contributed by atoms with E-state index in [4.69, 9.17) is 28.4 Å². The van der Waals surface area contributed by atoms with Crippen LogP contribution in [0.25, 0.3) is 0 Å². The van der Waals surface area contributed by atoms with Gasteiger partial charge in [-0.1, -0.05) is 26.0 Å². The van der Waals surface area contributed by atoms with Gasteiger partial charge in [0.25, 0.3) is 0 Å². The first-order chi connectivity index (χ1) is 20.0. The second kappa shape index (κ2) is 15.1. The number of hydrogen-bond donors (Lipinski definition) is 2. The van der Waals surface area contributed by atoms with Crippen molar-refractivity contribution in [1.29, 1.82) is 0 Å². The van der Waals surface area contributed by atoms with Crippen LogP contribution in [0, 0.1) is 11.8 Å². The van der Waals surface area contributed by atoms with E-state index in [1.165, 1.54) is 21.3 Å². The van der Waals surface area contributed by atoms with Crippen molar-refractivity contribution in [1.82, 2.24) is 0 Å². The van der Waals surface area contributed by atoms with Gasteiger partial charge >= 0.3 is 0 Å². The third-order valence-corrected chi connectivity index (χ3v) is 8.00. The molecule has 0 radical (unpaired) electrons. The fourth-order valence-electron chi connectivity index (χ4n) is 5.57. The maximum Gasteiger partial charge on any atom is 0.234 e. The van der Waals surface area contributed by atoms with Crippen molar-refractivity contribution in [3.05, 3.63) is 41.5 Å². The summed E-state index contributed by atoms with van der Waals surface area (Å²) in [6.07, 6.45) is 2.36. The van der Waals surface area contributed by atoms with E-state index in [1.807, 2.05) is 32.9 Å². The molecule has 0 bridgehead atoms. The number of ether oxygens (including phenoxy) is 6. The van der Waals surface area contributed by atoms with E-state index in [0.29, 0.717) is 17.7 Å². The molecule has 1 fully saturated rings. The van der Waals surface area contributed by atoms with Gasteiger partial charge in [0.15, 0.2) is 6.29 Å². The number of imide groups is 1. The summed E-state index contributed by atoms with van der Waals surface area (Å²) in [6.45, 7) is 5.63. The fraction of sp³-hybridized carbons (Fsp3) is 0.613. The molecule has 0 aromatic heterocycles. The third-order valence-electron chi connectivity index (χ3n) is 8.00. The Labute approximate surface area is 248 Å². The fourth-order valence-corrected chi connectivity index (χ4v) is 5.57. The van der Waals surface area contributed by atoms with E-state index >= 15 is 0 Å². The monoisotopic (exact) mass is 591 g/mol. The molecule has 1 saturated heterocycles. The predicted octanol–water partition coefficient (Wildman–Crippen LogP) is 3.32. The summed E-state index contributed by atoms with van der Waals surface area (Å²) in [4.78, 5) is 26.1. The summed E-state index contributed by atoms with van der Waals surface area (Å²) < 4.78 is 33.6. The Morgan fingerprint density at radius 3 is 2.24 bits per heavy atom. The lowest BCUT2D eigenvalue weighted by molar-refractivity contribution is -0.150. The van der Waals surface area contributed by atoms with Crippen LogP contribution in [0.2, 0.25) is 0 Å². The third kappa shape index (κ3) is 7.39. The molecule has 42 heavy (non-hydrogen) atoms. The van der Waals surface area contributed by atoms with Gasteiger partial charge in [0.05, 0.1) is 38.2 Å². The molecule has 1 aromatic carbocycles. The van der Waals surface area contributed by atoms with Crippen LogP contribution in [-0.2, 0) is 28.5 Å². The van der Waals surface area contributed by atoms with Crippen LogP contribution in [0.4, 0.5) is 5.69 Å². The minimum absolute atomic E-state index is 0.107. The first-order valence-corrected chi connectivity index (χ1v) is 14.1. The zero-order valence-electron chi connectivity index (χ0n) is 25.7. The van der Waals surface area contributed by atoms with E-state index in [-0.39, 0.29) is 54.2 Å². The van der Waals surface area contributed by atoms with Gasteiger partial charge in [0.2, 0.25) is 11.8 Å². The van der Waals surface area contributed by atoms with E-state index in [1.54, 1.807) is 32.4 Å². The highest BCUT2D eigenvalue weighted by Crippen LogP contribution is 2.43. The van der Waals surface area contributed by atoms with Gasteiger partial charge in [-0.25, -0.2) is 4.90 Å². The lowest BCUT2D eigenvalue weighted by atomic mass is 9.86. The highest BCUT2D eigenvalue weighted by atomic mass is 16.7. The van der Waals surface area contributed by atoms with E-state index in [9.17, 15) is 19.8 Å². The number of aliphatic hydroxyl groups is 2. The van der Waals surface area contributed by atoms with Gasteiger partial charge in [0, 0.05) is 51.7 Å². The minimum atomic E-state index is -1.09. The van der Waals surface area contributed by atoms with Crippen LogP contribution >= 0.6 is 0 Å². The van der Waals surface area contributed by atoms with E-state index in [2.05, 4.69) is 0 Å². The maximum absolute atomic E-state index is 12.5. The highest BCUT2D eigenvalue weighted by Gasteiger charge is 2.36. The Hall–Kier alpha value is -2.80. The number of carbonyl (C=O) groups is 2. The Bertz CT molecular complexity index is 1130. The molecule has 0 spiro atoms. The molecule has 8 atom stereocenters. The standard InChI is InChI=1S/C31H45NO10/c1-17(13-19(3)30-23(38-5)9-12-27(40-7)42-30)29(36)24(39-6)14-18(2)28(35)21-15-20(37-4)16-22(31(21)41-8)32-25(33)10-11-26(32)34/h9,12-13,15-18,23-24,27-30,35-36H,10-11,14H2,1-8H3/b19-13+/t17-,18-,23-,24-,27+,28-,29+,30-/m0/s1. The smallest absolute Gasteiger partial charge is 0.234 e. The molecule has 2 aliphatic heterocycles. The van der Waals surface area contributed by atoms with Crippen LogP contribution in [0.15, 0.2) is 35.9 Å². The Balaban J connectivity index is 1.81. The molecule has 234 valence electrons. The molecule has 3 rings (SSSR count). The Morgan fingerprint density at radius 2 is 1.69 bits per heavy atom. The average Bonchev–Trinajstić information content (AvgIpc) is 3.34. The first-order valence-electron chi connectivity index (χ1n) is 14.1. The summed E-state index contributed by atoms with van der Waals surface area (Å²) in [5, 5.41) is 22.8. The van der Waals surface area contributed by atoms with Crippen molar-refractivity contribution in [2.45, 2.75) is 76.8 Å². The molecule has 2 heterocycles. The largest absolute Gasteiger partial charge is 0.497 e. The molecule has 2 N–H and O–H groups in total. The summed E-state index contributed by atoms with van der Waals surface area (Å²) in [7, 11) is 7.58. The minimum Gasteiger partial charge on any atom is -0.497 e. The molecule has 2 aliphatic rings. The quantitative estimate of drug-likeness (QED) is 0.245. The summed E-state index contributed by atoms with van der Waals surface area (Å²) >= 11 is 0. The van der Waals surface area contributed by atoms with Crippen LogP contribution in [-0.4, -0.2) is 88.3 Å². The van der Waals surface area contributed by atoms with Crippen LogP contribution in [0.5, 0.6) is 11.5 Å². The summed E-state index contributed by atoms with van der Waals surface area (Å²) in [6, 6.07) is 3.17.